The summed E-state index contributed by atoms with van der Waals surface area (Å²) in [5.41, 5.74) is 1.09. The summed E-state index contributed by atoms with van der Waals surface area (Å²) in [4.78, 5) is 21.3. The minimum Gasteiger partial charge on any atom is -0.481 e. The van der Waals surface area contributed by atoms with Gasteiger partial charge in [-0.05, 0) is 6.92 Å². The molecule has 0 aliphatic carbocycles. The molecule has 8 nitrogen and oxygen atoms in total. The Hall–Kier alpha value is -2.68. The molecule has 9 heteroatoms. The van der Waals surface area contributed by atoms with Crippen molar-refractivity contribution in [1.82, 2.24) is 14.8 Å². The number of carbonyl (C=O) groups is 1. The second-order valence-corrected chi connectivity index (χ2v) is 5.59. The predicted molar refractivity (Wildman–Crippen MR) is 85.4 cm³/mol. The fourth-order valence-corrected chi connectivity index (χ4v) is 2.64. The number of rotatable bonds is 7. The zero-order chi connectivity index (χ0) is 17.0. The van der Waals surface area contributed by atoms with Crippen LogP contribution in [0.5, 0.6) is 0 Å². The number of carboxylic acid groups (broad SMARTS) is 1. The zero-order valence-electron chi connectivity index (χ0n) is 12.3. The van der Waals surface area contributed by atoms with E-state index >= 15 is 0 Å². The van der Waals surface area contributed by atoms with Crippen molar-refractivity contribution in [3.05, 3.63) is 46.5 Å². The summed E-state index contributed by atoms with van der Waals surface area (Å²) >= 11 is 1.03. The number of nitro groups is 1. The van der Waals surface area contributed by atoms with Crippen LogP contribution in [0.2, 0.25) is 0 Å². The van der Waals surface area contributed by atoms with Crippen LogP contribution in [0.25, 0.3) is 11.4 Å². The van der Waals surface area contributed by atoms with Gasteiger partial charge in [-0.2, -0.15) is 0 Å². The van der Waals surface area contributed by atoms with E-state index in [-0.39, 0.29) is 11.4 Å². The molecule has 0 bridgehead atoms. The molecule has 0 spiro atoms. The third-order valence-electron chi connectivity index (χ3n) is 3.02. The van der Waals surface area contributed by atoms with E-state index < -0.39 is 10.9 Å². The standard InChI is InChI=1S/C14H14N4O4S/c1-3-6-17-13(15-16-14(17)23-8-12(19)20)10-5-4-9(2)11(7-10)18(21)22/h3-5,7H,1,6,8H2,2H3,(H,19,20). The van der Waals surface area contributed by atoms with Crippen molar-refractivity contribution in [3.63, 3.8) is 0 Å². The van der Waals surface area contributed by atoms with Crippen LogP contribution in [0.4, 0.5) is 5.69 Å². The first-order valence-electron chi connectivity index (χ1n) is 6.58. The fourth-order valence-electron chi connectivity index (χ4n) is 1.97. The topological polar surface area (TPSA) is 111 Å². The molecule has 0 aliphatic heterocycles. The number of aromatic nitrogens is 3. The van der Waals surface area contributed by atoms with Crippen molar-refractivity contribution in [2.24, 2.45) is 0 Å². The Balaban J connectivity index is 2.46. The van der Waals surface area contributed by atoms with Crippen LogP contribution in [0.15, 0.2) is 36.0 Å². The van der Waals surface area contributed by atoms with Crippen molar-refractivity contribution in [1.29, 1.82) is 0 Å². The van der Waals surface area contributed by atoms with Crippen LogP contribution in [0.1, 0.15) is 5.56 Å². The van der Waals surface area contributed by atoms with Gasteiger partial charge in [-0.15, -0.1) is 16.8 Å². The van der Waals surface area contributed by atoms with Gasteiger partial charge in [0, 0.05) is 23.7 Å². The van der Waals surface area contributed by atoms with Gasteiger partial charge in [0.2, 0.25) is 0 Å². The van der Waals surface area contributed by atoms with Crippen LogP contribution >= 0.6 is 11.8 Å². The highest BCUT2D eigenvalue weighted by atomic mass is 32.2. The number of aliphatic carboxylic acids is 1. The molecule has 120 valence electrons. The predicted octanol–water partition coefficient (Wildman–Crippen LogP) is 2.52. The quantitative estimate of drug-likeness (QED) is 0.358. The van der Waals surface area contributed by atoms with Crippen molar-refractivity contribution < 1.29 is 14.8 Å². The molecule has 0 saturated heterocycles. The van der Waals surface area contributed by atoms with Crippen molar-refractivity contribution in [2.75, 3.05) is 5.75 Å². The molecule has 1 heterocycles. The molecule has 1 aromatic heterocycles. The second kappa shape index (κ2) is 7.05. The Morgan fingerprint density at radius 3 is 2.87 bits per heavy atom. The first-order valence-corrected chi connectivity index (χ1v) is 7.56. The summed E-state index contributed by atoms with van der Waals surface area (Å²) in [6, 6.07) is 4.80. The summed E-state index contributed by atoms with van der Waals surface area (Å²) in [5, 5.41) is 28.3. The van der Waals surface area contributed by atoms with E-state index in [1.165, 1.54) is 6.07 Å². The number of hydrogen-bond donors (Lipinski definition) is 1. The Kier molecular flexibility index (Phi) is 5.12. The Morgan fingerprint density at radius 2 is 2.26 bits per heavy atom. The molecule has 0 atom stereocenters. The SMILES string of the molecule is C=CCn1c(SCC(=O)O)nnc1-c1ccc(C)c([N+](=O)[O-])c1. The summed E-state index contributed by atoms with van der Waals surface area (Å²) in [6.07, 6.45) is 1.63. The number of allylic oxidation sites excluding steroid dienone is 1. The smallest absolute Gasteiger partial charge is 0.313 e. The van der Waals surface area contributed by atoms with Gasteiger partial charge in [0.05, 0.1) is 10.7 Å². The summed E-state index contributed by atoms with van der Waals surface area (Å²) in [6.45, 7) is 5.68. The van der Waals surface area contributed by atoms with Crippen LogP contribution in [0, 0.1) is 17.0 Å². The van der Waals surface area contributed by atoms with E-state index in [0.29, 0.717) is 28.7 Å². The Labute approximate surface area is 136 Å². The number of carboxylic acids is 1. The largest absolute Gasteiger partial charge is 0.481 e. The number of thioether (sulfide) groups is 1. The molecule has 1 N–H and O–H groups in total. The molecule has 0 radical (unpaired) electrons. The van der Waals surface area contributed by atoms with E-state index in [1.807, 2.05) is 0 Å². The molecule has 23 heavy (non-hydrogen) atoms. The van der Waals surface area contributed by atoms with Gasteiger partial charge in [0.25, 0.3) is 5.69 Å². The zero-order valence-corrected chi connectivity index (χ0v) is 13.1. The van der Waals surface area contributed by atoms with Crippen LogP contribution < -0.4 is 0 Å². The molecular weight excluding hydrogens is 320 g/mol. The van der Waals surface area contributed by atoms with Gasteiger partial charge >= 0.3 is 5.97 Å². The highest BCUT2D eigenvalue weighted by Crippen LogP contribution is 2.28. The van der Waals surface area contributed by atoms with Gasteiger partial charge in [-0.25, -0.2) is 0 Å². The Morgan fingerprint density at radius 1 is 1.52 bits per heavy atom. The highest BCUT2D eigenvalue weighted by molar-refractivity contribution is 7.99. The Bertz CT molecular complexity index is 772. The molecule has 0 fully saturated rings. The second-order valence-electron chi connectivity index (χ2n) is 4.65. The minimum absolute atomic E-state index is 0.00427. The molecule has 0 aliphatic rings. The monoisotopic (exact) mass is 334 g/mol. The van der Waals surface area contributed by atoms with E-state index in [2.05, 4.69) is 16.8 Å². The highest BCUT2D eigenvalue weighted by Gasteiger charge is 2.18. The molecular formula is C14H14N4O4S. The maximum atomic E-state index is 11.1. The first kappa shape index (κ1) is 16.7. The summed E-state index contributed by atoms with van der Waals surface area (Å²) in [5.74, 6) is -0.680. The van der Waals surface area contributed by atoms with Gasteiger partial charge in [-0.3, -0.25) is 19.5 Å². The van der Waals surface area contributed by atoms with Gasteiger partial charge in [0.1, 0.15) is 0 Å². The molecule has 2 rings (SSSR count). The van der Waals surface area contributed by atoms with E-state index in [0.717, 1.165) is 11.8 Å². The molecule has 0 saturated carbocycles. The lowest BCUT2D eigenvalue weighted by Gasteiger charge is -2.07. The average molecular weight is 334 g/mol. The third kappa shape index (κ3) is 3.75. The van der Waals surface area contributed by atoms with Gasteiger partial charge < -0.3 is 5.11 Å². The molecule has 2 aromatic rings. The van der Waals surface area contributed by atoms with E-state index in [9.17, 15) is 14.9 Å². The van der Waals surface area contributed by atoms with E-state index in [4.69, 9.17) is 5.11 Å². The molecule has 1 aromatic carbocycles. The van der Waals surface area contributed by atoms with Crippen molar-refractivity contribution in [3.8, 4) is 11.4 Å². The normalized spacial score (nSPS) is 10.5. The van der Waals surface area contributed by atoms with Crippen LogP contribution in [-0.2, 0) is 11.3 Å². The summed E-state index contributed by atoms with van der Waals surface area (Å²) in [7, 11) is 0. The van der Waals surface area contributed by atoms with Gasteiger partial charge in [0.15, 0.2) is 11.0 Å². The van der Waals surface area contributed by atoms with Crippen molar-refractivity contribution >= 4 is 23.4 Å². The molecule has 0 amide bonds. The number of benzene rings is 1. The number of nitrogens with zero attached hydrogens (tertiary/aromatic N) is 4. The van der Waals surface area contributed by atoms with Crippen LogP contribution in [-0.4, -0.2) is 36.5 Å². The number of hydrogen-bond acceptors (Lipinski definition) is 6. The lowest BCUT2D eigenvalue weighted by Crippen LogP contribution is -2.04. The third-order valence-corrected chi connectivity index (χ3v) is 3.97. The maximum absolute atomic E-state index is 11.1. The summed E-state index contributed by atoms with van der Waals surface area (Å²) < 4.78 is 1.68. The fraction of sp³-hybridized carbons (Fsp3) is 0.214. The molecule has 0 unspecified atom stereocenters. The van der Waals surface area contributed by atoms with E-state index in [1.54, 1.807) is 29.7 Å². The number of nitro benzene ring substituents is 1. The first-order chi connectivity index (χ1) is 10.9. The maximum Gasteiger partial charge on any atom is 0.313 e. The van der Waals surface area contributed by atoms with Crippen molar-refractivity contribution in [2.45, 2.75) is 18.6 Å². The lowest BCUT2D eigenvalue weighted by molar-refractivity contribution is -0.385. The van der Waals surface area contributed by atoms with Crippen LogP contribution in [0.3, 0.4) is 0 Å². The lowest BCUT2D eigenvalue weighted by atomic mass is 10.1. The average Bonchev–Trinajstić information content (AvgIpc) is 2.89. The minimum atomic E-state index is -0.962. The van der Waals surface area contributed by atoms with Gasteiger partial charge in [-0.1, -0.05) is 30.0 Å². The number of aryl methyl sites for hydroxylation is 1.